The van der Waals surface area contributed by atoms with E-state index in [1.54, 1.807) is 0 Å². The van der Waals surface area contributed by atoms with Crippen molar-refractivity contribution >= 4 is 25.2 Å². The van der Waals surface area contributed by atoms with E-state index in [2.05, 4.69) is 0 Å². The van der Waals surface area contributed by atoms with E-state index < -0.39 is 11.9 Å². The Bertz CT molecular complexity index is 340. The van der Waals surface area contributed by atoms with E-state index >= 15 is 0 Å². The molecule has 4 nitrogen and oxygen atoms in total. The predicted molar refractivity (Wildman–Crippen MR) is 45.7 cm³/mol. The highest BCUT2D eigenvalue weighted by Gasteiger charge is 2.08. The summed E-state index contributed by atoms with van der Waals surface area (Å²) in [4.78, 5) is 21.0. The molecule has 0 amide bonds. The zero-order chi connectivity index (χ0) is 10.0. The van der Waals surface area contributed by atoms with E-state index in [-0.39, 0.29) is 16.6 Å². The molecule has 0 bridgehead atoms. The van der Waals surface area contributed by atoms with Crippen molar-refractivity contribution in [3.63, 3.8) is 0 Å². The lowest BCUT2D eigenvalue weighted by Gasteiger charge is -2.00. The zero-order valence-electron chi connectivity index (χ0n) is 6.52. The van der Waals surface area contributed by atoms with Gasteiger partial charge in [0.15, 0.2) is 0 Å². The molecule has 0 aliphatic heterocycles. The summed E-state index contributed by atoms with van der Waals surface area (Å²) in [6.45, 7) is 0. The third kappa shape index (κ3) is 2.08. The lowest BCUT2D eigenvalue weighted by Crippen LogP contribution is -2.11. The fraction of sp³-hybridized carbons (Fsp3) is 0. The standard InChI is InChI=1S/C8H5BO4/c9-6-2-4(7(10)11)1-5(3-6)8(12)13/h1-3H,(H,10,11)(H,12,13). The summed E-state index contributed by atoms with van der Waals surface area (Å²) in [6.07, 6.45) is 0. The molecule has 2 N–H and O–H groups in total. The van der Waals surface area contributed by atoms with Gasteiger partial charge in [-0.15, -0.1) is 0 Å². The van der Waals surface area contributed by atoms with E-state index in [9.17, 15) is 9.59 Å². The number of rotatable bonds is 2. The maximum Gasteiger partial charge on any atom is 0.335 e. The molecule has 2 radical (unpaired) electrons. The van der Waals surface area contributed by atoms with Crippen molar-refractivity contribution < 1.29 is 19.8 Å². The fourth-order valence-electron chi connectivity index (χ4n) is 0.899. The minimum Gasteiger partial charge on any atom is -0.478 e. The van der Waals surface area contributed by atoms with Gasteiger partial charge in [0.25, 0.3) is 0 Å². The SMILES string of the molecule is [B]c1cc(C(=O)O)cc(C(=O)O)c1. The van der Waals surface area contributed by atoms with Crippen LogP contribution in [0, 0.1) is 0 Å². The summed E-state index contributed by atoms with van der Waals surface area (Å²) >= 11 is 0. The Morgan fingerprint density at radius 1 is 1.00 bits per heavy atom. The highest BCUT2D eigenvalue weighted by Crippen LogP contribution is 2.02. The lowest BCUT2D eigenvalue weighted by molar-refractivity contribution is 0.0696. The number of carbonyl (C=O) groups is 2. The van der Waals surface area contributed by atoms with Crippen LogP contribution in [0.4, 0.5) is 0 Å². The summed E-state index contributed by atoms with van der Waals surface area (Å²) in [5.74, 6) is -2.40. The normalized spacial score (nSPS) is 9.54. The maximum atomic E-state index is 10.5. The van der Waals surface area contributed by atoms with Crippen molar-refractivity contribution in [3.05, 3.63) is 29.3 Å². The van der Waals surface area contributed by atoms with E-state index in [1.165, 1.54) is 12.1 Å². The van der Waals surface area contributed by atoms with E-state index in [1.807, 2.05) is 0 Å². The Balaban J connectivity index is 3.26. The molecule has 1 aromatic rings. The molecule has 0 fully saturated rings. The van der Waals surface area contributed by atoms with Gasteiger partial charge in [-0.05, 0) is 6.07 Å². The first-order chi connectivity index (χ1) is 6.00. The number of benzene rings is 1. The lowest BCUT2D eigenvalue weighted by atomic mass is 9.92. The maximum absolute atomic E-state index is 10.5. The summed E-state index contributed by atoms with van der Waals surface area (Å²) in [5.41, 5.74) is -0.132. The summed E-state index contributed by atoms with van der Waals surface area (Å²) in [6, 6.07) is 3.46. The van der Waals surface area contributed by atoms with Crippen LogP contribution in [0.25, 0.3) is 0 Å². The van der Waals surface area contributed by atoms with Gasteiger partial charge in [-0.25, -0.2) is 9.59 Å². The molecule has 0 aromatic heterocycles. The Labute approximate surface area is 75.2 Å². The first-order valence-corrected chi connectivity index (χ1v) is 3.38. The Morgan fingerprint density at radius 2 is 1.38 bits per heavy atom. The van der Waals surface area contributed by atoms with Gasteiger partial charge < -0.3 is 10.2 Å². The number of hydrogen-bond donors (Lipinski definition) is 2. The topological polar surface area (TPSA) is 74.6 Å². The fourth-order valence-corrected chi connectivity index (χ4v) is 0.899. The highest BCUT2D eigenvalue weighted by atomic mass is 16.4. The van der Waals surface area contributed by atoms with Gasteiger partial charge >= 0.3 is 11.9 Å². The van der Waals surface area contributed by atoms with E-state index in [4.69, 9.17) is 18.1 Å². The van der Waals surface area contributed by atoms with Crippen LogP contribution in [0.1, 0.15) is 20.7 Å². The second-order valence-corrected chi connectivity index (χ2v) is 2.45. The molecule has 0 atom stereocenters. The average Bonchev–Trinajstić information content (AvgIpc) is 2.03. The molecule has 5 heteroatoms. The minimum atomic E-state index is -1.20. The first-order valence-electron chi connectivity index (χ1n) is 3.38. The van der Waals surface area contributed by atoms with Gasteiger partial charge in [-0.2, -0.15) is 0 Å². The Hall–Kier alpha value is -1.78. The quantitative estimate of drug-likeness (QED) is 0.615. The van der Waals surface area contributed by atoms with E-state index in [0.717, 1.165) is 6.07 Å². The molecule has 13 heavy (non-hydrogen) atoms. The molecule has 1 aromatic carbocycles. The Morgan fingerprint density at radius 3 is 1.69 bits per heavy atom. The smallest absolute Gasteiger partial charge is 0.335 e. The van der Waals surface area contributed by atoms with Crippen LogP contribution in [-0.4, -0.2) is 30.0 Å². The number of hydrogen-bond acceptors (Lipinski definition) is 2. The molecule has 0 saturated heterocycles. The van der Waals surface area contributed by atoms with Crippen molar-refractivity contribution in [1.29, 1.82) is 0 Å². The third-order valence-corrected chi connectivity index (χ3v) is 1.45. The summed E-state index contributed by atoms with van der Waals surface area (Å²) < 4.78 is 0. The van der Waals surface area contributed by atoms with Crippen molar-refractivity contribution in [2.75, 3.05) is 0 Å². The molecule has 0 saturated carbocycles. The molecule has 0 aliphatic rings. The number of aromatic carboxylic acids is 2. The van der Waals surface area contributed by atoms with Gasteiger partial charge in [0.1, 0.15) is 7.85 Å². The van der Waals surface area contributed by atoms with Gasteiger partial charge in [0.2, 0.25) is 0 Å². The highest BCUT2D eigenvalue weighted by molar-refractivity contribution is 6.33. The minimum absolute atomic E-state index is 0.123. The third-order valence-electron chi connectivity index (χ3n) is 1.45. The van der Waals surface area contributed by atoms with Gasteiger partial charge in [-0.3, -0.25) is 0 Å². The molecular weight excluding hydrogens is 171 g/mol. The van der Waals surface area contributed by atoms with Crippen LogP contribution in [0.5, 0.6) is 0 Å². The van der Waals surface area contributed by atoms with Crippen LogP contribution in [-0.2, 0) is 0 Å². The van der Waals surface area contributed by atoms with Gasteiger partial charge in [0, 0.05) is 0 Å². The van der Waals surface area contributed by atoms with Gasteiger partial charge in [0.05, 0.1) is 11.1 Å². The molecule has 64 valence electrons. The molecule has 0 aliphatic carbocycles. The number of carboxylic acids is 2. The van der Waals surface area contributed by atoms with Crippen LogP contribution < -0.4 is 5.46 Å². The van der Waals surface area contributed by atoms with Crippen LogP contribution in [0.15, 0.2) is 18.2 Å². The molecule has 0 spiro atoms. The van der Waals surface area contributed by atoms with Crippen LogP contribution >= 0.6 is 0 Å². The van der Waals surface area contributed by atoms with Crippen LogP contribution in [0.3, 0.4) is 0 Å². The van der Waals surface area contributed by atoms with Crippen molar-refractivity contribution in [3.8, 4) is 0 Å². The summed E-state index contributed by atoms with van der Waals surface area (Å²) in [5, 5.41) is 17.1. The number of carboxylic acid groups (broad SMARTS) is 2. The monoisotopic (exact) mass is 176 g/mol. The molecule has 0 unspecified atom stereocenters. The second kappa shape index (κ2) is 3.31. The predicted octanol–water partition coefficient (Wildman–Crippen LogP) is -0.123. The molecule has 1 rings (SSSR count). The van der Waals surface area contributed by atoms with Gasteiger partial charge in [-0.1, -0.05) is 17.6 Å². The zero-order valence-corrected chi connectivity index (χ0v) is 6.52. The van der Waals surface area contributed by atoms with E-state index in [0.29, 0.717) is 0 Å². The largest absolute Gasteiger partial charge is 0.478 e. The molecular formula is C8H5BO4. The second-order valence-electron chi connectivity index (χ2n) is 2.45. The molecule has 0 heterocycles. The Kier molecular flexibility index (Phi) is 2.37. The first kappa shape index (κ1) is 9.31. The summed E-state index contributed by atoms with van der Waals surface area (Å²) in [7, 11) is 5.31. The van der Waals surface area contributed by atoms with Crippen molar-refractivity contribution in [2.24, 2.45) is 0 Å². The van der Waals surface area contributed by atoms with Crippen molar-refractivity contribution in [1.82, 2.24) is 0 Å². The van der Waals surface area contributed by atoms with Crippen LogP contribution in [0.2, 0.25) is 0 Å². The van der Waals surface area contributed by atoms with Crippen molar-refractivity contribution in [2.45, 2.75) is 0 Å². The average molecular weight is 176 g/mol.